The molecule has 2 aromatic carbocycles. The molecule has 0 bridgehead atoms. The van der Waals surface area contributed by atoms with E-state index >= 15 is 0 Å². The summed E-state index contributed by atoms with van der Waals surface area (Å²) in [6.07, 6.45) is -0.157. The number of rotatable bonds is 3. The normalized spacial score (nSPS) is 15.2. The molecule has 0 aliphatic carbocycles. The van der Waals surface area contributed by atoms with Crippen molar-refractivity contribution in [2.75, 3.05) is 0 Å². The van der Waals surface area contributed by atoms with Crippen LogP contribution in [0.3, 0.4) is 0 Å². The molecule has 0 radical (unpaired) electrons. The molecule has 0 fully saturated rings. The lowest BCUT2D eigenvalue weighted by Crippen LogP contribution is -2.03. The second kappa shape index (κ2) is 5.74. The summed E-state index contributed by atoms with van der Waals surface area (Å²) in [6.45, 7) is 1.28. The molecule has 104 valence electrons. The van der Waals surface area contributed by atoms with Crippen molar-refractivity contribution in [1.29, 1.82) is 0 Å². The van der Waals surface area contributed by atoms with Gasteiger partial charge < -0.3 is 9.84 Å². The van der Waals surface area contributed by atoms with E-state index in [1.165, 1.54) is 5.56 Å². The second-order valence-corrected chi connectivity index (χ2v) is 5.82. The van der Waals surface area contributed by atoms with Crippen molar-refractivity contribution in [3.63, 3.8) is 0 Å². The van der Waals surface area contributed by atoms with Crippen LogP contribution >= 0.6 is 23.2 Å². The Balaban J connectivity index is 1.82. The lowest BCUT2D eigenvalue weighted by Gasteiger charge is -2.13. The molecular formula is C16H14Cl2O2. The number of hydrogen-bond donors (Lipinski definition) is 1. The van der Waals surface area contributed by atoms with Crippen molar-refractivity contribution >= 4 is 23.2 Å². The molecule has 20 heavy (non-hydrogen) atoms. The van der Waals surface area contributed by atoms with Gasteiger partial charge in [-0.25, -0.2) is 0 Å². The highest BCUT2D eigenvalue weighted by atomic mass is 35.5. The fourth-order valence-corrected chi connectivity index (χ4v) is 2.81. The highest BCUT2D eigenvalue weighted by molar-refractivity contribution is 6.33. The van der Waals surface area contributed by atoms with Crippen molar-refractivity contribution in [3.05, 3.63) is 68.7 Å². The molecule has 1 unspecified atom stereocenters. The predicted molar refractivity (Wildman–Crippen MR) is 80.1 cm³/mol. The summed E-state index contributed by atoms with van der Waals surface area (Å²) in [5, 5.41) is 11.6. The zero-order chi connectivity index (χ0) is 14.1. The Labute approximate surface area is 127 Å². The van der Waals surface area contributed by atoms with E-state index in [2.05, 4.69) is 0 Å². The van der Waals surface area contributed by atoms with Gasteiger partial charge in [-0.2, -0.15) is 0 Å². The Morgan fingerprint density at radius 2 is 1.85 bits per heavy atom. The van der Waals surface area contributed by atoms with Gasteiger partial charge >= 0.3 is 0 Å². The summed E-state index contributed by atoms with van der Waals surface area (Å²) in [5.74, 6) is 0. The Hall–Kier alpha value is -1.06. The predicted octanol–water partition coefficient (Wildman–Crippen LogP) is 4.30. The van der Waals surface area contributed by atoms with Crippen LogP contribution in [0.5, 0.6) is 0 Å². The third-order valence-corrected chi connectivity index (χ3v) is 4.16. The molecule has 1 heterocycles. The molecule has 1 aliphatic rings. The van der Waals surface area contributed by atoms with E-state index in [0.717, 1.165) is 16.7 Å². The van der Waals surface area contributed by atoms with Gasteiger partial charge in [0, 0.05) is 16.5 Å². The van der Waals surface area contributed by atoms with Crippen molar-refractivity contribution in [1.82, 2.24) is 0 Å². The van der Waals surface area contributed by atoms with Gasteiger partial charge in [0.05, 0.1) is 19.3 Å². The van der Waals surface area contributed by atoms with Crippen molar-refractivity contribution < 1.29 is 9.84 Å². The SMILES string of the molecule is OC(Cc1cc(Cl)ccc1Cl)c1ccc2c(c1)COC2. The van der Waals surface area contributed by atoms with Gasteiger partial charge in [0.1, 0.15) is 0 Å². The Bertz CT molecular complexity index is 640. The van der Waals surface area contributed by atoms with Gasteiger partial charge in [-0.1, -0.05) is 41.4 Å². The summed E-state index contributed by atoms with van der Waals surface area (Å²) in [6, 6.07) is 11.3. The van der Waals surface area contributed by atoms with Gasteiger partial charge in [0.25, 0.3) is 0 Å². The van der Waals surface area contributed by atoms with E-state index in [1.807, 2.05) is 18.2 Å². The van der Waals surface area contributed by atoms with E-state index < -0.39 is 6.10 Å². The first-order chi connectivity index (χ1) is 9.63. The fraction of sp³-hybridized carbons (Fsp3) is 0.250. The molecule has 2 nitrogen and oxygen atoms in total. The second-order valence-electron chi connectivity index (χ2n) is 4.98. The standard InChI is InChI=1S/C16H14Cl2O2/c17-14-3-4-15(18)12(6-14)7-16(19)10-1-2-11-8-20-9-13(11)5-10/h1-6,16,19H,7-9H2. The van der Waals surface area contributed by atoms with E-state index in [4.69, 9.17) is 27.9 Å². The maximum atomic E-state index is 10.4. The number of benzene rings is 2. The molecule has 1 aliphatic heterocycles. The average Bonchev–Trinajstić information content (AvgIpc) is 2.90. The molecule has 0 saturated carbocycles. The van der Waals surface area contributed by atoms with Gasteiger partial charge in [0.15, 0.2) is 0 Å². The van der Waals surface area contributed by atoms with E-state index in [-0.39, 0.29) is 0 Å². The number of fused-ring (bicyclic) bond motifs is 1. The maximum absolute atomic E-state index is 10.4. The first-order valence-electron chi connectivity index (χ1n) is 6.45. The minimum Gasteiger partial charge on any atom is -0.388 e. The zero-order valence-electron chi connectivity index (χ0n) is 10.8. The molecule has 1 atom stereocenters. The van der Waals surface area contributed by atoms with Gasteiger partial charge in [-0.15, -0.1) is 0 Å². The van der Waals surface area contributed by atoms with Crippen molar-refractivity contribution in [2.45, 2.75) is 25.7 Å². The van der Waals surface area contributed by atoms with Gasteiger partial charge in [-0.05, 0) is 40.5 Å². The third kappa shape index (κ3) is 2.84. The molecule has 2 aromatic rings. The van der Waals surface area contributed by atoms with Crippen LogP contribution in [0.25, 0.3) is 0 Å². The summed E-state index contributed by atoms with van der Waals surface area (Å²) in [4.78, 5) is 0. The summed E-state index contributed by atoms with van der Waals surface area (Å²) in [7, 11) is 0. The molecule has 4 heteroatoms. The smallest absolute Gasteiger partial charge is 0.0831 e. The van der Waals surface area contributed by atoms with Crippen LogP contribution < -0.4 is 0 Å². The number of halogens is 2. The molecule has 0 amide bonds. The van der Waals surface area contributed by atoms with Crippen molar-refractivity contribution in [3.8, 4) is 0 Å². The lowest BCUT2D eigenvalue weighted by atomic mass is 9.98. The summed E-state index contributed by atoms with van der Waals surface area (Å²) in [5.41, 5.74) is 4.08. The molecule has 1 N–H and O–H groups in total. The monoisotopic (exact) mass is 308 g/mol. The van der Waals surface area contributed by atoms with Crippen LogP contribution in [-0.2, 0) is 24.4 Å². The van der Waals surface area contributed by atoms with Gasteiger partial charge in [-0.3, -0.25) is 0 Å². The van der Waals surface area contributed by atoms with Crippen LogP contribution in [0.4, 0.5) is 0 Å². The topological polar surface area (TPSA) is 29.5 Å². The van der Waals surface area contributed by atoms with Crippen LogP contribution in [0.2, 0.25) is 10.0 Å². The highest BCUT2D eigenvalue weighted by Crippen LogP contribution is 2.28. The van der Waals surface area contributed by atoms with Crippen LogP contribution in [0.15, 0.2) is 36.4 Å². The number of aliphatic hydroxyl groups excluding tert-OH is 1. The zero-order valence-corrected chi connectivity index (χ0v) is 12.3. The quantitative estimate of drug-likeness (QED) is 0.916. The third-order valence-electron chi connectivity index (χ3n) is 3.55. The van der Waals surface area contributed by atoms with E-state index in [9.17, 15) is 5.11 Å². The molecule has 0 aromatic heterocycles. The Morgan fingerprint density at radius 3 is 2.70 bits per heavy atom. The first-order valence-corrected chi connectivity index (χ1v) is 7.20. The largest absolute Gasteiger partial charge is 0.388 e. The fourth-order valence-electron chi connectivity index (χ4n) is 2.43. The maximum Gasteiger partial charge on any atom is 0.0831 e. The molecule has 3 rings (SSSR count). The van der Waals surface area contributed by atoms with Crippen LogP contribution in [-0.4, -0.2) is 5.11 Å². The molecular weight excluding hydrogens is 295 g/mol. The van der Waals surface area contributed by atoms with Crippen LogP contribution in [0, 0.1) is 0 Å². The van der Waals surface area contributed by atoms with E-state index in [1.54, 1.807) is 18.2 Å². The minimum absolute atomic E-state index is 0.443. The number of ether oxygens (including phenoxy) is 1. The summed E-state index contributed by atoms with van der Waals surface area (Å²) >= 11 is 12.1. The first kappa shape index (κ1) is 13.9. The molecule has 0 saturated heterocycles. The lowest BCUT2D eigenvalue weighted by molar-refractivity contribution is 0.134. The Kier molecular flexibility index (Phi) is 3.99. The highest BCUT2D eigenvalue weighted by Gasteiger charge is 2.16. The van der Waals surface area contributed by atoms with Crippen LogP contribution in [0.1, 0.15) is 28.4 Å². The van der Waals surface area contributed by atoms with Gasteiger partial charge in [0.2, 0.25) is 0 Å². The number of aliphatic hydroxyl groups is 1. The number of hydrogen-bond acceptors (Lipinski definition) is 2. The van der Waals surface area contributed by atoms with Crippen molar-refractivity contribution in [2.24, 2.45) is 0 Å². The molecule has 0 spiro atoms. The van der Waals surface area contributed by atoms with E-state index in [0.29, 0.717) is 29.7 Å². The Morgan fingerprint density at radius 1 is 1.05 bits per heavy atom. The summed E-state index contributed by atoms with van der Waals surface area (Å²) < 4.78 is 5.38. The average molecular weight is 309 g/mol. The minimum atomic E-state index is -0.600.